The van der Waals surface area contributed by atoms with Gasteiger partial charge in [-0.1, -0.05) is 36.4 Å². The number of nitrogens with zero attached hydrogens (tertiary/aromatic N) is 1. The van der Waals surface area contributed by atoms with Gasteiger partial charge in [0, 0.05) is 29.9 Å². The van der Waals surface area contributed by atoms with Crippen molar-refractivity contribution in [3.05, 3.63) is 58.3 Å². The number of hydrogen-bond acceptors (Lipinski definition) is 4. The smallest absolute Gasteiger partial charge is 0.310 e. The molecule has 0 aliphatic carbocycles. The van der Waals surface area contributed by atoms with Gasteiger partial charge in [-0.15, -0.1) is 11.3 Å². The lowest BCUT2D eigenvalue weighted by molar-refractivity contribution is -0.148. The molecule has 2 heterocycles. The lowest BCUT2D eigenvalue weighted by Gasteiger charge is -2.24. The van der Waals surface area contributed by atoms with E-state index in [0.29, 0.717) is 12.6 Å². The van der Waals surface area contributed by atoms with Gasteiger partial charge in [0.15, 0.2) is 0 Å². The molecule has 3 nitrogen and oxygen atoms in total. The van der Waals surface area contributed by atoms with Crippen molar-refractivity contribution in [2.75, 3.05) is 19.7 Å². The maximum absolute atomic E-state index is 12.4. The molecule has 0 bridgehead atoms. The van der Waals surface area contributed by atoms with Crippen molar-refractivity contribution < 1.29 is 9.53 Å². The van der Waals surface area contributed by atoms with Crippen molar-refractivity contribution >= 4 is 17.3 Å². The number of carbonyl (C=O) groups is 1. The Kier molecular flexibility index (Phi) is 5.13. The standard InChI is InChI=1S/C19H23NO2S/c1-3-22-19(21)17-13-20(12-16(17)18-10-7-11-23-18)14(2)15-8-5-4-6-9-15/h4-11,14,16-17H,3,12-13H2,1-2H3. The summed E-state index contributed by atoms with van der Waals surface area (Å²) in [6.45, 7) is 6.20. The summed E-state index contributed by atoms with van der Waals surface area (Å²) in [7, 11) is 0. The first-order valence-corrected chi connectivity index (χ1v) is 9.07. The van der Waals surface area contributed by atoms with E-state index in [2.05, 4.69) is 53.6 Å². The molecular formula is C19H23NO2S. The molecule has 122 valence electrons. The van der Waals surface area contributed by atoms with Gasteiger partial charge in [-0.2, -0.15) is 0 Å². The zero-order valence-corrected chi connectivity index (χ0v) is 14.5. The first-order valence-electron chi connectivity index (χ1n) is 8.19. The molecule has 0 N–H and O–H groups in total. The Morgan fingerprint density at radius 3 is 2.70 bits per heavy atom. The van der Waals surface area contributed by atoms with Gasteiger partial charge < -0.3 is 4.74 Å². The normalized spacial score (nSPS) is 22.9. The van der Waals surface area contributed by atoms with E-state index >= 15 is 0 Å². The number of benzene rings is 1. The van der Waals surface area contributed by atoms with E-state index in [-0.39, 0.29) is 17.8 Å². The second kappa shape index (κ2) is 7.28. The summed E-state index contributed by atoms with van der Waals surface area (Å²) in [5.41, 5.74) is 1.29. The predicted octanol–water partition coefficient (Wildman–Crippen LogP) is 4.09. The summed E-state index contributed by atoms with van der Waals surface area (Å²) in [5.74, 6) is 0.105. The number of likely N-dealkylation sites (tertiary alicyclic amines) is 1. The summed E-state index contributed by atoms with van der Waals surface area (Å²) < 4.78 is 5.33. The molecule has 0 amide bonds. The van der Waals surface area contributed by atoms with Crippen LogP contribution in [0.15, 0.2) is 47.8 Å². The molecule has 1 aliphatic heterocycles. The minimum atomic E-state index is -0.0697. The van der Waals surface area contributed by atoms with E-state index in [9.17, 15) is 4.79 Å². The average Bonchev–Trinajstić information content (AvgIpc) is 3.24. The van der Waals surface area contributed by atoms with Gasteiger partial charge in [0.25, 0.3) is 0 Å². The fourth-order valence-corrected chi connectivity index (χ4v) is 4.26. The van der Waals surface area contributed by atoms with Crippen LogP contribution in [-0.2, 0) is 9.53 Å². The van der Waals surface area contributed by atoms with Crippen molar-refractivity contribution in [3.63, 3.8) is 0 Å². The van der Waals surface area contributed by atoms with Crippen LogP contribution < -0.4 is 0 Å². The monoisotopic (exact) mass is 329 g/mol. The molecule has 3 rings (SSSR count). The highest BCUT2D eigenvalue weighted by Crippen LogP contribution is 2.39. The number of carbonyl (C=O) groups excluding carboxylic acids is 1. The van der Waals surface area contributed by atoms with E-state index in [1.165, 1.54) is 10.4 Å². The van der Waals surface area contributed by atoms with Crippen LogP contribution in [-0.4, -0.2) is 30.6 Å². The van der Waals surface area contributed by atoms with Gasteiger partial charge in [0.1, 0.15) is 0 Å². The molecule has 1 aromatic heterocycles. The average molecular weight is 329 g/mol. The Morgan fingerprint density at radius 2 is 2.04 bits per heavy atom. The molecule has 3 unspecified atom stereocenters. The Labute approximate surface area is 141 Å². The van der Waals surface area contributed by atoms with Gasteiger partial charge in [-0.3, -0.25) is 9.69 Å². The van der Waals surface area contributed by atoms with Crippen molar-refractivity contribution in [1.29, 1.82) is 0 Å². The van der Waals surface area contributed by atoms with Crippen LogP contribution >= 0.6 is 11.3 Å². The number of thiophene rings is 1. The Morgan fingerprint density at radius 1 is 1.26 bits per heavy atom. The van der Waals surface area contributed by atoms with Crippen LogP contribution in [0.25, 0.3) is 0 Å². The summed E-state index contributed by atoms with van der Waals surface area (Å²) in [4.78, 5) is 16.1. The molecule has 0 saturated carbocycles. The molecule has 2 aromatic rings. The topological polar surface area (TPSA) is 29.5 Å². The summed E-state index contributed by atoms with van der Waals surface area (Å²) in [6, 6.07) is 15.0. The first kappa shape index (κ1) is 16.2. The van der Waals surface area contributed by atoms with Gasteiger partial charge in [-0.05, 0) is 30.9 Å². The largest absolute Gasteiger partial charge is 0.466 e. The molecule has 1 aromatic carbocycles. The zero-order valence-electron chi connectivity index (χ0n) is 13.6. The number of rotatable bonds is 5. The Bertz CT molecular complexity index is 626. The van der Waals surface area contributed by atoms with Crippen LogP contribution in [0.3, 0.4) is 0 Å². The van der Waals surface area contributed by atoms with Gasteiger partial charge >= 0.3 is 5.97 Å². The van der Waals surface area contributed by atoms with Crippen molar-refractivity contribution in [2.24, 2.45) is 5.92 Å². The van der Waals surface area contributed by atoms with Crippen LogP contribution in [0.2, 0.25) is 0 Å². The van der Waals surface area contributed by atoms with E-state index in [1.54, 1.807) is 11.3 Å². The van der Waals surface area contributed by atoms with Crippen LogP contribution in [0, 0.1) is 5.92 Å². The van der Waals surface area contributed by atoms with Gasteiger partial charge in [-0.25, -0.2) is 0 Å². The van der Waals surface area contributed by atoms with Crippen molar-refractivity contribution in [3.8, 4) is 0 Å². The Balaban J connectivity index is 1.81. The van der Waals surface area contributed by atoms with E-state index in [0.717, 1.165) is 13.1 Å². The molecule has 3 atom stereocenters. The minimum absolute atomic E-state index is 0.0614. The molecule has 23 heavy (non-hydrogen) atoms. The lowest BCUT2D eigenvalue weighted by atomic mass is 9.95. The fourth-order valence-electron chi connectivity index (χ4n) is 3.37. The van der Waals surface area contributed by atoms with Gasteiger partial charge in [0.05, 0.1) is 12.5 Å². The molecular weight excluding hydrogens is 306 g/mol. The van der Waals surface area contributed by atoms with Crippen molar-refractivity contribution in [1.82, 2.24) is 4.90 Å². The molecule has 1 fully saturated rings. The highest BCUT2D eigenvalue weighted by molar-refractivity contribution is 7.10. The molecule has 0 radical (unpaired) electrons. The molecule has 1 aliphatic rings. The maximum Gasteiger partial charge on any atom is 0.310 e. The first-order chi connectivity index (χ1) is 11.2. The zero-order chi connectivity index (χ0) is 16.2. The second-order valence-electron chi connectivity index (χ2n) is 6.02. The van der Waals surface area contributed by atoms with Crippen LogP contribution in [0.1, 0.15) is 36.2 Å². The lowest BCUT2D eigenvalue weighted by Crippen LogP contribution is -2.27. The van der Waals surface area contributed by atoms with Crippen LogP contribution in [0.4, 0.5) is 0 Å². The highest BCUT2D eigenvalue weighted by atomic mass is 32.1. The molecule has 0 spiro atoms. The maximum atomic E-state index is 12.4. The summed E-state index contributed by atoms with van der Waals surface area (Å²) in [5, 5.41) is 2.08. The van der Waals surface area contributed by atoms with Crippen molar-refractivity contribution in [2.45, 2.75) is 25.8 Å². The molecule has 4 heteroatoms. The third-order valence-corrected chi connectivity index (χ3v) is 5.68. The number of esters is 1. The van der Waals surface area contributed by atoms with Crippen LogP contribution in [0.5, 0.6) is 0 Å². The summed E-state index contributed by atoms with van der Waals surface area (Å²) in [6.07, 6.45) is 0. The highest BCUT2D eigenvalue weighted by Gasteiger charge is 2.41. The predicted molar refractivity (Wildman–Crippen MR) is 93.6 cm³/mol. The fraction of sp³-hybridized carbons (Fsp3) is 0.421. The van der Waals surface area contributed by atoms with Gasteiger partial charge in [0.2, 0.25) is 0 Å². The second-order valence-corrected chi connectivity index (χ2v) is 7.00. The van der Waals surface area contributed by atoms with E-state index in [4.69, 9.17) is 4.74 Å². The van der Waals surface area contributed by atoms with E-state index in [1.807, 2.05) is 13.0 Å². The SMILES string of the molecule is CCOC(=O)C1CN(C(C)c2ccccc2)CC1c1cccs1. The summed E-state index contributed by atoms with van der Waals surface area (Å²) >= 11 is 1.73. The van der Waals surface area contributed by atoms with E-state index < -0.39 is 0 Å². The Hall–Kier alpha value is -1.65. The number of ether oxygens (including phenoxy) is 1. The quantitative estimate of drug-likeness (QED) is 0.774. The number of hydrogen-bond donors (Lipinski definition) is 0. The molecule has 1 saturated heterocycles. The third-order valence-electron chi connectivity index (χ3n) is 4.68. The minimum Gasteiger partial charge on any atom is -0.466 e. The third kappa shape index (κ3) is 3.48.